The number of esters is 1. The molecule has 5 aliphatic heterocycles. The Bertz CT molecular complexity index is 2420. The third-order valence-electron chi connectivity index (χ3n) is 22.9. The van der Waals surface area contributed by atoms with Gasteiger partial charge in [0.05, 0.1) is 64.1 Å². The van der Waals surface area contributed by atoms with E-state index >= 15 is 4.79 Å². The maximum Gasteiger partial charge on any atom is 0.317 e. The molecule has 5 saturated heterocycles. The molecule has 5 aliphatic carbocycles. The molecular formula is C58H94O29. The molecule has 0 aromatic carbocycles. The van der Waals surface area contributed by atoms with Crippen LogP contribution < -0.4 is 0 Å². The minimum absolute atomic E-state index is 0.0230. The molecule has 29 heteroatoms. The van der Waals surface area contributed by atoms with Gasteiger partial charge in [-0.1, -0.05) is 46.3 Å². The summed E-state index contributed by atoms with van der Waals surface area (Å²) in [7, 11) is 0. The second-order valence-electron chi connectivity index (χ2n) is 28.2. The molecule has 29 nitrogen and oxygen atoms in total. The van der Waals surface area contributed by atoms with E-state index in [2.05, 4.69) is 33.8 Å². The average Bonchev–Trinajstić information content (AvgIpc) is 0.675. The molecule has 18 N–H and O–H groups in total. The van der Waals surface area contributed by atoms with Gasteiger partial charge in [-0.2, -0.15) is 0 Å². The smallest absolute Gasteiger partial charge is 0.317 e. The lowest BCUT2D eigenvalue weighted by atomic mass is 9.33. The van der Waals surface area contributed by atoms with E-state index in [0.29, 0.717) is 32.1 Å². The highest BCUT2D eigenvalue weighted by Gasteiger charge is 2.74. The van der Waals surface area contributed by atoms with Crippen molar-refractivity contribution in [3.05, 3.63) is 11.6 Å². The molecule has 0 amide bonds. The summed E-state index contributed by atoms with van der Waals surface area (Å²) in [6.07, 6.45) is -38.9. The fraction of sp³-hybridized carbons (Fsp3) is 0.948. The number of aliphatic hydroxyl groups is 18. The largest absolute Gasteiger partial charge is 0.432 e. The highest BCUT2D eigenvalue weighted by atomic mass is 16.8. The number of carbonyl (C=O) groups is 1. The molecule has 10 aliphatic rings. The van der Waals surface area contributed by atoms with Crippen molar-refractivity contribution in [1.82, 2.24) is 0 Å². The summed E-state index contributed by atoms with van der Waals surface area (Å²) in [6.45, 7) is 7.74. The van der Waals surface area contributed by atoms with Gasteiger partial charge in [0.1, 0.15) is 103 Å². The van der Waals surface area contributed by atoms with Gasteiger partial charge in [0.2, 0.25) is 6.29 Å². The lowest BCUT2D eigenvalue weighted by Gasteiger charge is -2.72. The van der Waals surface area contributed by atoms with Gasteiger partial charge < -0.3 is 139 Å². The fourth-order valence-corrected chi connectivity index (χ4v) is 17.7. The van der Waals surface area contributed by atoms with Gasteiger partial charge >= 0.3 is 5.97 Å². The average molecular weight is 1260 g/mol. The van der Waals surface area contributed by atoms with Crippen LogP contribution in [0.5, 0.6) is 0 Å². The van der Waals surface area contributed by atoms with E-state index in [-0.39, 0.29) is 30.6 Å². The minimum Gasteiger partial charge on any atom is -0.432 e. The quantitative estimate of drug-likeness (QED) is 0.0437. The first-order valence-corrected chi connectivity index (χ1v) is 30.5. The van der Waals surface area contributed by atoms with Crippen LogP contribution in [0.2, 0.25) is 0 Å². The Morgan fingerprint density at radius 3 is 1.75 bits per heavy atom. The second-order valence-corrected chi connectivity index (χ2v) is 28.2. The third-order valence-corrected chi connectivity index (χ3v) is 22.9. The molecule has 0 unspecified atom stereocenters. The highest BCUT2D eigenvalue weighted by Crippen LogP contribution is 2.76. The van der Waals surface area contributed by atoms with E-state index in [9.17, 15) is 91.9 Å². The predicted octanol–water partition coefficient (Wildman–Crippen LogP) is -6.02. The number of fused-ring (bicyclic) bond motifs is 7. The minimum atomic E-state index is -1.98. The summed E-state index contributed by atoms with van der Waals surface area (Å²) in [6, 6.07) is 0. The zero-order valence-electron chi connectivity index (χ0n) is 49.8. The van der Waals surface area contributed by atoms with Crippen LogP contribution in [-0.2, 0) is 52.2 Å². The number of carbonyl (C=O) groups excluding carboxylic acids is 1. The van der Waals surface area contributed by atoms with Crippen LogP contribution in [0.25, 0.3) is 0 Å². The molecule has 0 radical (unpaired) electrons. The van der Waals surface area contributed by atoms with E-state index in [1.165, 1.54) is 6.92 Å². The van der Waals surface area contributed by atoms with Crippen molar-refractivity contribution in [2.24, 2.45) is 50.2 Å². The molecule has 4 saturated carbocycles. The van der Waals surface area contributed by atoms with Gasteiger partial charge in [0.25, 0.3) is 0 Å². The Labute approximate surface area is 502 Å². The number of aliphatic hydroxyl groups excluding tert-OH is 18. The maximum absolute atomic E-state index is 15.4. The lowest BCUT2D eigenvalue weighted by Crippen LogP contribution is -2.72. The third kappa shape index (κ3) is 11.1. The number of hydrogen-bond donors (Lipinski definition) is 18. The first-order valence-electron chi connectivity index (χ1n) is 30.5. The summed E-state index contributed by atoms with van der Waals surface area (Å²) >= 11 is 0. The van der Waals surface area contributed by atoms with E-state index in [4.69, 9.17) is 47.4 Å². The van der Waals surface area contributed by atoms with Crippen molar-refractivity contribution in [2.45, 2.75) is 253 Å². The second kappa shape index (κ2) is 25.1. The zero-order valence-corrected chi connectivity index (χ0v) is 49.8. The van der Waals surface area contributed by atoms with Crippen LogP contribution in [-0.4, -0.2) is 297 Å². The molecule has 500 valence electrons. The fourth-order valence-electron chi connectivity index (χ4n) is 17.7. The van der Waals surface area contributed by atoms with E-state index in [0.717, 1.165) is 5.57 Å². The Balaban J connectivity index is 0.890. The summed E-state index contributed by atoms with van der Waals surface area (Å²) in [5.74, 6) is -2.42. The van der Waals surface area contributed by atoms with Crippen molar-refractivity contribution in [2.75, 3.05) is 39.6 Å². The van der Waals surface area contributed by atoms with Crippen LogP contribution >= 0.6 is 0 Å². The number of hydrogen-bond acceptors (Lipinski definition) is 29. The standard InChI is InChI=1S/C58H94O29/c1-22-43(83-47-39(73)33(67)26(64)18-78-47)38(72)41(75)48(80-22)85-45-34(68)27(65)19-79-51(45)87-52(77)58-12-11-53(2,3)13-24(58)23-7-8-30-54(4)14-25(63)46(57(20-61,21-62)31(54)9-10-55(30,5)56(23,6)15-32(58)66)86-50-42(76)44(36(70)29(17-60)82-50)84-49-40(74)37(71)35(69)28(16-59)81-49/h7,22,24-51,59-76H,8-21H2,1-6H3/t22-,24-,25-,26+,27-,28+,29+,30-,31+,32+,33-,34-,35+,36+,37-,38-,39+,40+,41+,42+,43-,44-,45+,46-,47-,48-,49-,50-,51-,54+,55+,56+,58+/m0/s1. The maximum atomic E-state index is 15.4. The van der Waals surface area contributed by atoms with Gasteiger partial charge in [0, 0.05) is 5.41 Å². The van der Waals surface area contributed by atoms with Crippen molar-refractivity contribution in [1.29, 1.82) is 0 Å². The first kappa shape index (κ1) is 68.0. The highest BCUT2D eigenvalue weighted by molar-refractivity contribution is 5.80. The Hall–Kier alpha value is -1.87. The van der Waals surface area contributed by atoms with Crippen LogP contribution in [0, 0.1) is 50.2 Å². The molecule has 9 fully saturated rings. The van der Waals surface area contributed by atoms with Crippen molar-refractivity contribution in [3.63, 3.8) is 0 Å². The van der Waals surface area contributed by atoms with Crippen LogP contribution in [0.15, 0.2) is 11.6 Å². The van der Waals surface area contributed by atoms with Crippen LogP contribution in [0.3, 0.4) is 0 Å². The predicted molar refractivity (Wildman–Crippen MR) is 288 cm³/mol. The SMILES string of the molecule is C[C@@H]1O[C@@H](O[C@H]2[C@H](OC(=O)[C@]34CCC(C)(C)C[C@H]3C3=CC[C@H]5[C@@]6(C)C[C@H](O)[C@H](O[C@@H]7O[C@H](CO)[C@@H](O)[C@H](O[C@@H]8O[C@H](CO)[C@@H](O)[C@H](O)[C@H]8O)[C@H]7O)C(CO)(CO)[C@@H]6CC[C@@]5(C)[C@]3(C)C[C@H]4O)OC[C@H](O)[C@@H]2O)[C@H](O)[C@H](O)[C@H]1O[C@@H]1OC[C@@H](O)[C@H](O)[C@H]1O. The van der Waals surface area contributed by atoms with Gasteiger partial charge in [-0.05, 0) is 97.7 Å². The van der Waals surface area contributed by atoms with Crippen molar-refractivity contribution >= 4 is 5.97 Å². The first-order chi connectivity index (χ1) is 40.8. The normalized spacial score (nSPS) is 54.0. The molecule has 33 atom stereocenters. The van der Waals surface area contributed by atoms with Gasteiger partial charge in [-0.25, -0.2) is 0 Å². The van der Waals surface area contributed by atoms with E-state index < -0.39 is 244 Å². The molecule has 0 bridgehead atoms. The Morgan fingerprint density at radius 2 is 1.10 bits per heavy atom. The molecule has 5 heterocycles. The summed E-state index contributed by atoms with van der Waals surface area (Å²) < 4.78 is 58.7. The molecule has 0 aromatic rings. The summed E-state index contributed by atoms with van der Waals surface area (Å²) in [5, 5.41) is 199. The van der Waals surface area contributed by atoms with Crippen molar-refractivity contribution in [3.8, 4) is 0 Å². The summed E-state index contributed by atoms with van der Waals surface area (Å²) in [4.78, 5) is 15.4. The van der Waals surface area contributed by atoms with Crippen LogP contribution in [0.1, 0.15) is 92.9 Å². The van der Waals surface area contributed by atoms with Crippen molar-refractivity contribution < 1.29 is 144 Å². The lowest BCUT2D eigenvalue weighted by molar-refractivity contribution is -0.377. The number of ether oxygens (including phenoxy) is 10. The topological polar surface area (TPSA) is 474 Å². The molecule has 0 aromatic heterocycles. The Kier molecular flexibility index (Phi) is 19.6. The molecule has 0 spiro atoms. The van der Waals surface area contributed by atoms with E-state index in [1.54, 1.807) is 0 Å². The van der Waals surface area contributed by atoms with Crippen LogP contribution in [0.4, 0.5) is 0 Å². The molecule has 87 heavy (non-hydrogen) atoms. The number of rotatable bonds is 14. The number of allylic oxidation sites excluding steroid dienone is 2. The monoisotopic (exact) mass is 1250 g/mol. The zero-order chi connectivity index (χ0) is 63.6. The molecular weight excluding hydrogens is 1160 g/mol. The summed E-state index contributed by atoms with van der Waals surface area (Å²) in [5.41, 5.74) is -5.13. The Morgan fingerprint density at radius 1 is 0.540 bits per heavy atom. The van der Waals surface area contributed by atoms with Gasteiger partial charge in [-0.3, -0.25) is 4.79 Å². The van der Waals surface area contributed by atoms with Gasteiger partial charge in [-0.15, -0.1) is 0 Å². The molecule has 10 rings (SSSR count). The van der Waals surface area contributed by atoms with E-state index in [1.807, 2.05) is 6.92 Å². The van der Waals surface area contributed by atoms with Gasteiger partial charge in [0.15, 0.2) is 31.3 Å².